The first-order valence-corrected chi connectivity index (χ1v) is 9.18. The van der Waals surface area contributed by atoms with Gasteiger partial charge in [0, 0.05) is 30.6 Å². The lowest BCUT2D eigenvalue weighted by Gasteiger charge is -2.18. The van der Waals surface area contributed by atoms with E-state index in [1.165, 1.54) is 11.3 Å². The van der Waals surface area contributed by atoms with Gasteiger partial charge < -0.3 is 14.8 Å². The maximum Gasteiger partial charge on any atom is 0.226 e. The molecule has 8 heteroatoms. The summed E-state index contributed by atoms with van der Waals surface area (Å²) >= 11 is 1.40. The Hall–Kier alpha value is -2.87. The van der Waals surface area contributed by atoms with Crippen LogP contribution in [-0.2, 0) is 18.3 Å². The third-order valence-corrected chi connectivity index (χ3v) is 4.75. The van der Waals surface area contributed by atoms with Gasteiger partial charge in [0.05, 0.1) is 11.9 Å². The van der Waals surface area contributed by atoms with Gasteiger partial charge in [0.2, 0.25) is 5.91 Å². The van der Waals surface area contributed by atoms with E-state index < -0.39 is 0 Å². The fraction of sp³-hybridized carbons (Fsp3) is 0.278. The summed E-state index contributed by atoms with van der Waals surface area (Å²) < 4.78 is 12.9. The van der Waals surface area contributed by atoms with Gasteiger partial charge in [-0.1, -0.05) is 0 Å². The van der Waals surface area contributed by atoms with E-state index in [2.05, 4.69) is 15.4 Å². The molecular weight excluding hydrogens is 352 g/mol. The number of nitrogens with zero attached hydrogens (tertiary/aromatic N) is 3. The van der Waals surface area contributed by atoms with Crippen molar-refractivity contribution in [3.05, 3.63) is 41.5 Å². The Bertz CT molecular complexity index is 934. The number of amides is 1. The SMILES string of the molecule is Cn1cc(CCC(=O)Nc2nc(-c3ccc4c(c3)OCCO4)cs2)cn1. The van der Waals surface area contributed by atoms with Crippen LogP contribution in [0.5, 0.6) is 11.5 Å². The first-order chi connectivity index (χ1) is 12.7. The molecule has 0 radical (unpaired) electrons. The molecule has 1 N–H and O–H groups in total. The number of carbonyl (C=O) groups is 1. The second-order valence-electron chi connectivity index (χ2n) is 5.97. The van der Waals surface area contributed by atoms with Crippen molar-refractivity contribution < 1.29 is 14.3 Å². The first kappa shape index (κ1) is 16.6. The summed E-state index contributed by atoms with van der Waals surface area (Å²) in [4.78, 5) is 16.6. The summed E-state index contributed by atoms with van der Waals surface area (Å²) in [6.07, 6.45) is 4.73. The molecule has 3 heterocycles. The highest BCUT2D eigenvalue weighted by atomic mass is 32.1. The predicted molar refractivity (Wildman–Crippen MR) is 98.7 cm³/mol. The number of fused-ring (bicyclic) bond motifs is 1. The van der Waals surface area contributed by atoms with Crippen molar-refractivity contribution in [1.29, 1.82) is 0 Å². The van der Waals surface area contributed by atoms with Gasteiger partial charge in [0.1, 0.15) is 13.2 Å². The van der Waals surface area contributed by atoms with E-state index >= 15 is 0 Å². The van der Waals surface area contributed by atoms with Crippen LogP contribution in [0.15, 0.2) is 36.0 Å². The third-order valence-electron chi connectivity index (χ3n) is 3.99. The summed E-state index contributed by atoms with van der Waals surface area (Å²) in [5.74, 6) is 1.42. The number of nitrogens with one attached hydrogen (secondary N) is 1. The van der Waals surface area contributed by atoms with Crippen LogP contribution in [0, 0.1) is 0 Å². The van der Waals surface area contributed by atoms with Crippen LogP contribution >= 0.6 is 11.3 Å². The van der Waals surface area contributed by atoms with Crippen LogP contribution in [0.3, 0.4) is 0 Å². The van der Waals surface area contributed by atoms with E-state index in [4.69, 9.17) is 9.47 Å². The lowest BCUT2D eigenvalue weighted by molar-refractivity contribution is -0.116. The van der Waals surface area contributed by atoms with Gasteiger partial charge in [0.25, 0.3) is 0 Å². The monoisotopic (exact) mass is 370 g/mol. The number of ether oxygens (including phenoxy) is 2. The molecule has 26 heavy (non-hydrogen) atoms. The number of carbonyl (C=O) groups excluding carboxylic acids is 1. The zero-order chi connectivity index (χ0) is 17.9. The van der Waals surface area contributed by atoms with E-state index in [1.807, 2.05) is 36.8 Å². The Kier molecular flexibility index (Phi) is 4.57. The van der Waals surface area contributed by atoms with Gasteiger partial charge in [-0.2, -0.15) is 5.10 Å². The van der Waals surface area contributed by atoms with Gasteiger partial charge in [-0.25, -0.2) is 4.98 Å². The molecule has 0 saturated carbocycles. The average Bonchev–Trinajstić information content (AvgIpc) is 3.28. The van der Waals surface area contributed by atoms with Crippen LogP contribution in [-0.4, -0.2) is 33.9 Å². The van der Waals surface area contributed by atoms with E-state index in [1.54, 1.807) is 10.9 Å². The van der Waals surface area contributed by atoms with Crippen molar-refractivity contribution in [3.63, 3.8) is 0 Å². The van der Waals surface area contributed by atoms with Gasteiger partial charge in [-0.05, 0) is 30.2 Å². The van der Waals surface area contributed by atoms with Crippen molar-refractivity contribution in [1.82, 2.24) is 14.8 Å². The number of aromatic nitrogens is 3. The first-order valence-electron chi connectivity index (χ1n) is 8.30. The molecule has 1 aliphatic heterocycles. The molecule has 0 fully saturated rings. The smallest absolute Gasteiger partial charge is 0.226 e. The maximum absolute atomic E-state index is 12.1. The summed E-state index contributed by atoms with van der Waals surface area (Å²) in [7, 11) is 1.86. The maximum atomic E-state index is 12.1. The summed E-state index contributed by atoms with van der Waals surface area (Å²) in [5, 5.41) is 9.47. The van der Waals surface area contributed by atoms with Gasteiger partial charge >= 0.3 is 0 Å². The molecular formula is C18H18N4O3S. The minimum Gasteiger partial charge on any atom is -0.486 e. The van der Waals surface area contributed by atoms with Crippen molar-refractivity contribution in [2.24, 2.45) is 7.05 Å². The van der Waals surface area contributed by atoms with Crippen molar-refractivity contribution >= 4 is 22.4 Å². The Morgan fingerprint density at radius 3 is 2.96 bits per heavy atom. The highest BCUT2D eigenvalue weighted by Crippen LogP contribution is 2.35. The average molecular weight is 370 g/mol. The molecule has 1 aliphatic rings. The van der Waals surface area contributed by atoms with E-state index in [9.17, 15) is 4.79 Å². The molecule has 0 spiro atoms. The lowest BCUT2D eigenvalue weighted by Crippen LogP contribution is -2.15. The van der Waals surface area contributed by atoms with E-state index in [0.29, 0.717) is 31.2 Å². The zero-order valence-electron chi connectivity index (χ0n) is 14.3. The molecule has 134 valence electrons. The molecule has 1 aromatic carbocycles. The summed E-state index contributed by atoms with van der Waals surface area (Å²) in [6, 6.07) is 5.74. The fourth-order valence-electron chi connectivity index (χ4n) is 2.71. The molecule has 0 aliphatic carbocycles. The molecule has 1 amide bonds. The van der Waals surface area contributed by atoms with Gasteiger partial charge in [-0.15, -0.1) is 11.3 Å². The quantitative estimate of drug-likeness (QED) is 0.747. The highest BCUT2D eigenvalue weighted by Gasteiger charge is 2.14. The molecule has 7 nitrogen and oxygen atoms in total. The number of hydrogen-bond donors (Lipinski definition) is 1. The largest absolute Gasteiger partial charge is 0.486 e. The number of thiazole rings is 1. The second-order valence-corrected chi connectivity index (χ2v) is 6.82. The summed E-state index contributed by atoms with van der Waals surface area (Å²) in [6.45, 7) is 1.12. The number of aryl methyl sites for hydroxylation is 2. The number of hydrogen-bond acceptors (Lipinski definition) is 6. The minimum absolute atomic E-state index is 0.0584. The number of anilines is 1. The lowest BCUT2D eigenvalue weighted by atomic mass is 10.1. The van der Waals surface area contributed by atoms with Gasteiger partial charge in [-0.3, -0.25) is 9.48 Å². The van der Waals surface area contributed by atoms with Crippen LogP contribution in [0.2, 0.25) is 0 Å². The second kappa shape index (κ2) is 7.17. The topological polar surface area (TPSA) is 78.3 Å². The Labute approximate surface area is 154 Å². The Balaban J connectivity index is 1.39. The van der Waals surface area contributed by atoms with E-state index in [0.717, 1.165) is 28.3 Å². The Morgan fingerprint density at radius 1 is 1.31 bits per heavy atom. The minimum atomic E-state index is -0.0584. The zero-order valence-corrected chi connectivity index (χ0v) is 15.1. The third kappa shape index (κ3) is 3.70. The normalized spacial score (nSPS) is 12.8. The molecule has 0 saturated heterocycles. The molecule has 0 bridgehead atoms. The van der Waals surface area contributed by atoms with Crippen LogP contribution < -0.4 is 14.8 Å². The molecule has 4 rings (SSSR count). The van der Waals surface area contributed by atoms with Crippen LogP contribution in [0.4, 0.5) is 5.13 Å². The predicted octanol–water partition coefficient (Wildman–Crippen LogP) is 2.89. The number of benzene rings is 1. The molecule has 0 unspecified atom stereocenters. The van der Waals surface area contributed by atoms with Crippen molar-refractivity contribution in [2.75, 3.05) is 18.5 Å². The Morgan fingerprint density at radius 2 is 2.15 bits per heavy atom. The number of rotatable bonds is 5. The molecule has 0 atom stereocenters. The van der Waals surface area contributed by atoms with E-state index in [-0.39, 0.29) is 5.91 Å². The highest BCUT2D eigenvalue weighted by molar-refractivity contribution is 7.14. The molecule has 2 aromatic heterocycles. The van der Waals surface area contributed by atoms with Crippen molar-refractivity contribution in [3.8, 4) is 22.8 Å². The van der Waals surface area contributed by atoms with Crippen LogP contribution in [0.1, 0.15) is 12.0 Å². The molecule has 3 aromatic rings. The van der Waals surface area contributed by atoms with Crippen molar-refractivity contribution in [2.45, 2.75) is 12.8 Å². The standard InChI is InChI=1S/C18H18N4O3S/c1-22-10-12(9-19-22)2-5-17(23)21-18-20-14(11-26-18)13-3-4-15-16(8-13)25-7-6-24-15/h3-4,8-11H,2,5-7H2,1H3,(H,20,21,23). The van der Waals surface area contributed by atoms with Gasteiger partial charge in [0.15, 0.2) is 16.6 Å². The summed E-state index contributed by atoms with van der Waals surface area (Å²) in [5.41, 5.74) is 2.77. The fourth-order valence-corrected chi connectivity index (χ4v) is 3.44. The van der Waals surface area contributed by atoms with Crippen LogP contribution in [0.25, 0.3) is 11.3 Å².